The molecule has 0 aliphatic carbocycles. The van der Waals surface area contributed by atoms with Crippen LogP contribution in [0.1, 0.15) is 4.88 Å². The predicted molar refractivity (Wildman–Crippen MR) is 64.3 cm³/mol. The summed E-state index contributed by atoms with van der Waals surface area (Å²) in [4.78, 5) is 16.9. The summed E-state index contributed by atoms with van der Waals surface area (Å²) in [5, 5.41) is 0. The first-order valence-electron chi connectivity index (χ1n) is 4.56. The van der Waals surface area contributed by atoms with Gasteiger partial charge in [0.15, 0.2) is 0 Å². The van der Waals surface area contributed by atoms with E-state index in [-0.39, 0.29) is 5.91 Å². The maximum Gasteiger partial charge on any atom is 0.267 e. The third kappa shape index (κ3) is 5.27. The fourth-order valence-corrected chi connectivity index (χ4v) is 1.82. The summed E-state index contributed by atoms with van der Waals surface area (Å²) in [6, 6.07) is 3.61. The first kappa shape index (κ1) is 13.2. The number of ether oxygens (including phenoxy) is 1. The van der Waals surface area contributed by atoms with Crippen LogP contribution in [0.3, 0.4) is 0 Å². The standard InChI is InChI=1S/C10H12ClNO3S/c1-14-6-7-15-12-10(13)5-3-8-2-4-9(11)16-8/h2-5H,6-7H2,1H3,(H,12,13)/b5-3+. The SMILES string of the molecule is COCCONC(=O)/C=C/c1ccc(Cl)s1. The van der Waals surface area contributed by atoms with E-state index < -0.39 is 0 Å². The summed E-state index contributed by atoms with van der Waals surface area (Å²) in [5.41, 5.74) is 2.26. The Balaban J connectivity index is 2.26. The largest absolute Gasteiger partial charge is 0.382 e. The van der Waals surface area contributed by atoms with E-state index in [0.717, 1.165) is 4.88 Å². The lowest BCUT2D eigenvalue weighted by atomic mass is 10.4. The Kier molecular flexibility index (Phi) is 6.10. The zero-order chi connectivity index (χ0) is 11.8. The predicted octanol–water partition coefficient (Wildman–Crippen LogP) is 2.11. The quantitative estimate of drug-likeness (QED) is 0.485. The zero-order valence-electron chi connectivity index (χ0n) is 8.73. The first-order valence-corrected chi connectivity index (χ1v) is 5.76. The maximum absolute atomic E-state index is 11.2. The summed E-state index contributed by atoms with van der Waals surface area (Å²) in [6.07, 6.45) is 3.06. The van der Waals surface area contributed by atoms with E-state index in [0.29, 0.717) is 17.6 Å². The van der Waals surface area contributed by atoms with Gasteiger partial charge in [-0.05, 0) is 18.2 Å². The molecule has 0 aliphatic rings. The van der Waals surface area contributed by atoms with Crippen LogP contribution >= 0.6 is 22.9 Å². The molecule has 0 saturated carbocycles. The van der Waals surface area contributed by atoms with Crippen molar-refractivity contribution in [3.05, 3.63) is 27.4 Å². The molecule has 88 valence electrons. The Bertz CT molecular complexity index is 365. The number of rotatable bonds is 6. The van der Waals surface area contributed by atoms with Crippen LogP contribution in [-0.2, 0) is 14.4 Å². The van der Waals surface area contributed by atoms with Crippen molar-refractivity contribution in [1.82, 2.24) is 5.48 Å². The molecule has 1 aromatic rings. The van der Waals surface area contributed by atoms with Gasteiger partial charge in [0.2, 0.25) is 0 Å². The van der Waals surface area contributed by atoms with Crippen LogP contribution in [0.25, 0.3) is 6.08 Å². The molecule has 1 rings (SSSR count). The van der Waals surface area contributed by atoms with E-state index in [1.165, 1.54) is 17.4 Å². The molecule has 4 nitrogen and oxygen atoms in total. The number of carbonyl (C=O) groups is 1. The highest BCUT2D eigenvalue weighted by Crippen LogP contribution is 2.22. The molecule has 0 saturated heterocycles. The van der Waals surface area contributed by atoms with Crippen molar-refractivity contribution in [2.45, 2.75) is 0 Å². The number of hydrogen-bond donors (Lipinski definition) is 1. The van der Waals surface area contributed by atoms with Gasteiger partial charge in [0.25, 0.3) is 5.91 Å². The minimum atomic E-state index is -0.319. The Morgan fingerprint density at radius 1 is 1.56 bits per heavy atom. The molecule has 0 aromatic carbocycles. The zero-order valence-corrected chi connectivity index (χ0v) is 10.3. The van der Waals surface area contributed by atoms with Crippen LogP contribution in [0.4, 0.5) is 0 Å². The van der Waals surface area contributed by atoms with Crippen LogP contribution in [0, 0.1) is 0 Å². The van der Waals surface area contributed by atoms with Crippen molar-refractivity contribution in [2.24, 2.45) is 0 Å². The topological polar surface area (TPSA) is 47.6 Å². The van der Waals surface area contributed by atoms with Crippen molar-refractivity contribution in [2.75, 3.05) is 20.3 Å². The van der Waals surface area contributed by atoms with Crippen LogP contribution in [0.2, 0.25) is 4.34 Å². The van der Waals surface area contributed by atoms with E-state index in [1.54, 1.807) is 19.3 Å². The van der Waals surface area contributed by atoms with Crippen molar-refractivity contribution >= 4 is 34.9 Å². The number of methoxy groups -OCH3 is 1. The second-order valence-electron chi connectivity index (χ2n) is 2.78. The van der Waals surface area contributed by atoms with E-state index in [4.69, 9.17) is 21.2 Å². The van der Waals surface area contributed by atoms with Gasteiger partial charge in [-0.3, -0.25) is 9.63 Å². The maximum atomic E-state index is 11.2. The van der Waals surface area contributed by atoms with Gasteiger partial charge in [-0.15, -0.1) is 11.3 Å². The van der Waals surface area contributed by atoms with E-state index >= 15 is 0 Å². The number of carbonyl (C=O) groups excluding carboxylic acids is 1. The van der Waals surface area contributed by atoms with Gasteiger partial charge in [0, 0.05) is 18.1 Å². The molecular weight excluding hydrogens is 250 g/mol. The van der Waals surface area contributed by atoms with Gasteiger partial charge in [-0.1, -0.05) is 11.6 Å². The molecule has 6 heteroatoms. The number of hydroxylamine groups is 1. The summed E-state index contributed by atoms with van der Waals surface area (Å²) < 4.78 is 5.44. The summed E-state index contributed by atoms with van der Waals surface area (Å²) >= 11 is 7.14. The number of hydrogen-bond acceptors (Lipinski definition) is 4. The van der Waals surface area contributed by atoms with Crippen LogP contribution in [0.15, 0.2) is 18.2 Å². The van der Waals surface area contributed by atoms with Gasteiger partial charge in [-0.25, -0.2) is 5.48 Å². The highest BCUT2D eigenvalue weighted by Gasteiger charge is 1.96. The first-order chi connectivity index (χ1) is 7.72. The molecule has 1 N–H and O–H groups in total. The molecule has 0 aliphatic heterocycles. The molecule has 1 aromatic heterocycles. The second-order valence-corrected chi connectivity index (χ2v) is 4.53. The normalized spacial score (nSPS) is 10.9. The van der Waals surface area contributed by atoms with Crippen LogP contribution < -0.4 is 5.48 Å². The molecule has 1 amide bonds. The summed E-state index contributed by atoms with van der Waals surface area (Å²) in [7, 11) is 1.56. The molecule has 0 spiro atoms. The molecule has 0 atom stereocenters. The van der Waals surface area contributed by atoms with Gasteiger partial charge >= 0.3 is 0 Å². The summed E-state index contributed by atoms with van der Waals surface area (Å²) in [5.74, 6) is -0.319. The third-order valence-electron chi connectivity index (χ3n) is 1.56. The fraction of sp³-hybridized carbons (Fsp3) is 0.300. The van der Waals surface area contributed by atoms with Crippen LogP contribution in [-0.4, -0.2) is 26.2 Å². The minimum absolute atomic E-state index is 0.319. The van der Waals surface area contributed by atoms with E-state index in [9.17, 15) is 4.79 Å². The monoisotopic (exact) mass is 261 g/mol. The molecule has 0 unspecified atom stereocenters. The number of thiophene rings is 1. The Hall–Kier alpha value is -0.880. The Labute approximate surface area is 103 Å². The molecule has 0 fully saturated rings. The lowest BCUT2D eigenvalue weighted by Gasteiger charge is -2.01. The van der Waals surface area contributed by atoms with Gasteiger partial charge in [0.1, 0.15) is 0 Å². The number of nitrogens with one attached hydrogen (secondary N) is 1. The molecule has 1 heterocycles. The van der Waals surface area contributed by atoms with Crippen molar-refractivity contribution in [1.29, 1.82) is 0 Å². The average Bonchev–Trinajstić information content (AvgIpc) is 2.68. The number of amides is 1. The Morgan fingerprint density at radius 2 is 2.38 bits per heavy atom. The smallest absolute Gasteiger partial charge is 0.267 e. The van der Waals surface area contributed by atoms with E-state index in [1.807, 2.05) is 6.07 Å². The van der Waals surface area contributed by atoms with E-state index in [2.05, 4.69) is 5.48 Å². The van der Waals surface area contributed by atoms with Crippen molar-refractivity contribution in [3.63, 3.8) is 0 Å². The third-order valence-corrected chi connectivity index (χ3v) is 2.75. The lowest BCUT2D eigenvalue weighted by molar-refractivity contribution is -0.129. The summed E-state index contributed by atoms with van der Waals surface area (Å²) in [6.45, 7) is 0.755. The van der Waals surface area contributed by atoms with Gasteiger partial charge < -0.3 is 4.74 Å². The fourth-order valence-electron chi connectivity index (χ4n) is 0.857. The van der Waals surface area contributed by atoms with Crippen molar-refractivity contribution < 1.29 is 14.4 Å². The van der Waals surface area contributed by atoms with Crippen LogP contribution in [0.5, 0.6) is 0 Å². The van der Waals surface area contributed by atoms with Gasteiger partial charge in [-0.2, -0.15) is 0 Å². The highest BCUT2D eigenvalue weighted by atomic mass is 35.5. The molecule has 16 heavy (non-hydrogen) atoms. The molecule has 0 bridgehead atoms. The highest BCUT2D eigenvalue weighted by molar-refractivity contribution is 7.17. The second kappa shape index (κ2) is 7.40. The molecule has 0 radical (unpaired) electrons. The van der Waals surface area contributed by atoms with Gasteiger partial charge in [0.05, 0.1) is 17.6 Å². The average molecular weight is 262 g/mol. The Morgan fingerprint density at radius 3 is 3.00 bits per heavy atom. The van der Waals surface area contributed by atoms with Crippen molar-refractivity contribution in [3.8, 4) is 0 Å². The minimum Gasteiger partial charge on any atom is -0.382 e. The number of halogens is 1. The lowest BCUT2D eigenvalue weighted by Crippen LogP contribution is -2.23. The molecular formula is C10H12ClNO3S.